The van der Waals surface area contributed by atoms with Gasteiger partial charge in [0.1, 0.15) is 6.10 Å². The molecule has 0 unspecified atom stereocenters. The van der Waals surface area contributed by atoms with Gasteiger partial charge in [0.15, 0.2) is 5.96 Å². The van der Waals surface area contributed by atoms with Crippen LogP contribution in [0.4, 0.5) is 0 Å². The zero-order valence-electron chi connectivity index (χ0n) is 17.7. The van der Waals surface area contributed by atoms with Gasteiger partial charge in [-0.15, -0.1) is 0 Å². The van der Waals surface area contributed by atoms with E-state index in [2.05, 4.69) is 44.3 Å². The molecular weight excluding hydrogens is 384 g/mol. The molecule has 29 heavy (non-hydrogen) atoms. The lowest BCUT2D eigenvalue weighted by Crippen LogP contribution is -2.48. The molecule has 2 N–H and O–H groups in total. The van der Waals surface area contributed by atoms with E-state index in [1.165, 1.54) is 18.4 Å². The molecule has 0 spiro atoms. The number of hydrogen-bond donors (Lipinski definition) is 2. The molecule has 3 rings (SSSR count). The predicted molar refractivity (Wildman–Crippen MR) is 119 cm³/mol. The molecule has 7 heteroatoms. The number of aliphatic imine (C=N–C) groups is 1. The Morgan fingerprint density at radius 3 is 2.76 bits per heavy atom. The Hall–Kier alpha value is -1.60. The summed E-state index contributed by atoms with van der Waals surface area (Å²) in [5.41, 5.74) is 1.42. The zero-order chi connectivity index (χ0) is 20.3. The molecule has 162 valence electrons. The second-order valence-corrected chi connectivity index (χ2v) is 8.87. The van der Waals surface area contributed by atoms with Crippen LogP contribution in [0.1, 0.15) is 63.9 Å². The molecule has 1 aromatic heterocycles. The van der Waals surface area contributed by atoms with Crippen molar-refractivity contribution in [1.82, 2.24) is 15.5 Å². The summed E-state index contributed by atoms with van der Waals surface area (Å²) in [5.74, 6) is 0.802. The maximum atomic E-state index is 11.9. The highest BCUT2D eigenvalue weighted by Crippen LogP contribution is 2.21. The standard InChI is InChI=1S/C22H36N4O2S/c1-2-23-22(24-12-5-8-21(27)28-20-6-3-4-7-20)25-19-9-13-26(14-10-19)16-18-11-15-29-17-18/h11,15,17,19-20H,2-10,12-14,16H2,1H3,(H2,23,24,25). The van der Waals surface area contributed by atoms with E-state index in [-0.39, 0.29) is 12.1 Å². The average molecular weight is 421 g/mol. The smallest absolute Gasteiger partial charge is 0.306 e. The minimum Gasteiger partial charge on any atom is -0.462 e. The maximum absolute atomic E-state index is 11.9. The van der Waals surface area contributed by atoms with Crippen LogP contribution in [0.15, 0.2) is 21.8 Å². The molecule has 0 aromatic carbocycles. The van der Waals surface area contributed by atoms with E-state index >= 15 is 0 Å². The van der Waals surface area contributed by atoms with Crippen molar-refractivity contribution in [2.24, 2.45) is 4.99 Å². The molecule has 2 heterocycles. The van der Waals surface area contributed by atoms with Crippen molar-refractivity contribution in [2.45, 2.75) is 77.0 Å². The summed E-state index contributed by atoms with van der Waals surface area (Å²) in [4.78, 5) is 19.1. The zero-order valence-corrected chi connectivity index (χ0v) is 18.5. The Balaban J connectivity index is 1.34. The summed E-state index contributed by atoms with van der Waals surface area (Å²) in [5, 5.41) is 11.3. The highest BCUT2D eigenvalue weighted by Gasteiger charge is 2.20. The van der Waals surface area contributed by atoms with E-state index in [9.17, 15) is 4.79 Å². The van der Waals surface area contributed by atoms with Crippen LogP contribution < -0.4 is 10.6 Å². The van der Waals surface area contributed by atoms with Crippen molar-refractivity contribution in [3.63, 3.8) is 0 Å². The summed E-state index contributed by atoms with van der Waals surface area (Å²) in [6.07, 6.45) is 8.05. The van der Waals surface area contributed by atoms with Crippen LogP contribution in [-0.2, 0) is 16.1 Å². The van der Waals surface area contributed by atoms with Gasteiger partial charge >= 0.3 is 5.97 Å². The average Bonchev–Trinajstić information content (AvgIpc) is 3.41. The van der Waals surface area contributed by atoms with E-state index in [1.54, 1.807) is 11.3 Å². The van der Waals surface area contributed by atoms with Gasteiger partial charge in [0.2, 0.25) is 0 Å². The number of ether oxygens (including phenoxy) is 1. The van der Waals surface area contributed by atoms with Crippen molar-refractivity contribution in [2.75, 3.05) is 26.2 Å². The molecule has 0 radical (unpaired) electrons. The van der Waals surface area contributed by atoms with E-state index in [1.807, 2.05) is 0 Å². The molecule has 2 aliphatic rings. The minimum atomic E-state index is -0.0666. The molecule has 1 aliphatic heterocycles. The lowest BCUT2D eigenvalue weighted by atomic mass is 10.0. The van der Waals surface area contributed by atoms with E-state index in [4.69, 9.17) is 4.74 Å². The van der Waals surface area contributed by atoms with Crippen LogP contribution in [-0.4, -0.2) is 55.2 Å². The second-order valence-electron chi connectivity index (χ2n) is 8.09. The minimum absolute atomic E-state index is 0.0666. The molecule has 0 atom stereocenters. The van der Waals surface area contributed by atoms with E-state index < -0.39 is 0 Å². The summed E-state index contributed by atoms with van der Waals surface area (Å²) in [7, 11) is 0. The lowest BCUT2D eigenvalue weighted by molar-refractivity contribution is -0.148. The SMILES string of the molecule is CCNC(=NCCCC(=O)OC1CCCC1)NC1CCN(Cc2ccsc2)CC1. The molecule has 2 fully saturated rings. The molecule has 0 amide bonds. The second kappa shape index (κ2) is 12.2. The first-order chi connectivity index (χ1) is 14.2. The molecule has 1 aromatic rings. The fourth-order valence-corrected chi connectivity index (χ4v) is 4.71. The van der Waals surface area contributed by atoms with Gasteiger partial charge < -0.3 is 15.4 Å². The molecule has 1 aliphatic carbocycles. The number of nitrogens with one attached hydrogen (secondary N) is 2. The van der Waals surface area contributed by atoms with Crippen molar-refractivity contribution in [1.29, 1.82) is 0 Å². The topological polar surface area (TPSA) is 66.0 Å². The summed E-state index contributed by atoms with van der Waals surface area (Å²) in [6, 6.07) is 2.67. The van der Waals surface area contributed by atoms with Crippen LogP contribution in [0.25, 0.3) is 0 Å². The van der Waals surface area contributed by atoms with Gasteiger partial charge in [-0.2, -0.15) is 11.3 Å². The lowest BCUT2D eigenvalue weighted by Gasteiger charge is -2.33. The van der Waals surface area contributed by atoms with Gasteiger partial charge in [-0.05, 0) is 74.3 Å². The van der Waals surface area contributed by atoms with Gasteiger partial charge in [0.05, 0.1) is 0 Å². The van der Waals surface area contributed by atoms with Gasteiger partial charge in [-0.1, -0.05) is 0 Å². The van der Waals surface area contributed by atoms with Gasteiger partial charge in [-0.25, -0.2) is 0 Å². The number of thiophene rings is 1. The van der Waals surface area contributed by atoms with Crippen molar-refractivity contribution in [3.05, 3.63) is 22.4 Å². The molecular formula is C22H36N4O2S. The van der Waals surface area contributed by atoms with Crippen molar-refractivity contribution < 1.29 is 9.53 Å². The summed E-state index contributed by atoms with van der Waals surface area (Å²) >= 11 is 1.77. The van der Waals surface area contributed by atoms with Crippen LogP contribution in [0.3, 0.4) is 0 Å². The van der Waals surface area contributed by atoms with Crippen LogP contribution in [0.2, 0.25) is 0 Å². The fourth-order valence-electron chi connectivity index (χ4n) is 4.05. The number of guanidine groups is 1. The van der Waals surface area contributed by atoms with E-state index in [0.717, 1.165) is 64.2 Å². The van der Waals surface area contributed by atoms with Crippen molar-refractivity contribution in [3.8, 4) is 0 Å². The first kappa shape index (κ1) is 22.1. The monoisotopic (exact) mass is 420 g/mol. The summed E-state index contributed by atoms with van der Waals surface area (Å²) in [6.45, 7) is 6.85. The third-order valence-electron chi connectivity index (χ3n) is 5.67. The number of piperidine rings is 1. The Bertz CT molecular complexity index is 621. The normalized spacial score (nSPS) is 19.4. The first-order valence-electron chi connectivity index (χ1n) is 11.2. The number of rotatable bonds is 9. The number of carbonyl (C=O) groups is 1. The maximum Gasteiger partial charge on any atom is 0.306 e. The van der Waals surface area contributed by atoms with Crippen LogP contribution in [0, 0.1) is 0 Å². The number of likely N-dealkylation sites (tertiary alicyclic amines) is 1. The Morgan fingerprint density at radius 2 is 2.07 bits per heavy atom. The highest BCUT2D eigenvalue weighted by atomic mass is 32.1. The summed E-state index contributed by atoms with van der Waals surface area (Å²) < 4.78 is 5.51. The molecule has 0 bridgehead atoms. The molecule has 1 saturated carbocycles. The van der Waals surface area contributed by atoms with Crippen LogP contribution >= 0.6 is 11.3 Å². The Labute approximate surface area is 179 Å². The molecule has 1 saturated heterocycles. The number of nitrogens with zero attached hydrogens (tertiary/aromatic N) is 2. The number of hydrogen-bond acceptors (Lipinski definition) is 5. The largest absolute Gasteiger partial charge is 0.462 e. The van der Waals surface area contributed by atoms with Crippen LogP contribution in [0.5, 0.6) is 0 Å². The first-order valence-corrected chi connectivity index (χ1v) is 12.1. The Morgan fingerprint density at radius 1 is 1.28 bits per heavy atom. The van der Waals surface area contributed by atoms with Crippen molar-refractivity contribution >= 4 is 23.3 Å². The predicted octanol–water partition coefficient (Wildman–Crippen LogP) is 3.53. The molecule has 6 nitrogen and oxygen atoms in total. The van der Waals surface area contributed by atoms with Gasteiger partial charge in [0, 0.05) is 45.2 Å². The van der Waals surface area contributed by atoms with Gasteiger partial charge in [0.25, 0.3) is 0 Å². The third-order valence-corrected chi connectivity index (χ3v) is 6.40. The highest BCUT2D eigenvalue weighted by molar-refractivity contribution is 7.07. The fraction of sp³-hybridized carbons (Fsp3) is 0.727. The quantitative estimate of drug-likeness (QED) is 0.277. The van der Waals surface area contributed by atoms with Gasteiger partial charge in [-0.3, -0.25) is 14.7 Å². The number of carbonyl (C=O) groups excluding carboxylic acids is 1. The number of esters is 1. The Kier molecular flexibility index (Phi) is 9.28. The van der Waals surface area contributed by atoms with E-state index in [0.29, 0.717) is 19.0 Å². The third kappa shape index (κ3) is 7.97.